The second kappa shape index (κ2) is 9.84. The normalized spacial score (nSPS) is 16.9. The summed E-state index contributed by atoms with van der Waals surface area (Å²) in [6, 6.07) is 49.3. The van der Waals surface area contributed by atoms with E-state index in [-0.39, 0.29) is 12.0 Å². The predicted molar refractivity (Wildman–Crippen MR) is 191 cm³/mol. The van der Waals surface area contributed by atoms with E-state index in [1.165, 1.54) is 44.2 Å². The number of nitriles is 1. The van der Waals surface area contributed by atoms with Crippen molar-refractivity contribution in [3.05, 3.63) is 168 Å². The van der Waals surface area contributed by atoms with E-state index >= 15 is 0 Å². The van der Waals surface area contributed by atoms with E-state index < -0.39 is 0 Å². The third kappa shape index (κ3) is 3.75. The van der Waals surface area contributed by atoms with Crippen LogP contribution in [0.3, 0.4) is 0 Å². The number of furan rings is 1. The van der Waals surface area contributed by atoms with Gasteiger partial charge in [0.2, 0.25) is 0 Å². The molecule has 0 amide bonds. The Balaban J connectivity index is 1.12. The number of hydrogen-bond donors (Lipinski definition) is 0. The largest absolute Gasteiger partial charge is 0.456 e. The highest BCUT2D eigenvalue weighted by Gasteiger charge is 2.38. The maximum absolute atomic E-state index is 9.54. The predicted octanol–water partition coefficient (Wildman–Crippen LogP) is 10.8. The molecule has 1 aliphatic heterocycles. The Bertz CT molecular complexity index is 2670. The van der Waals surface area contributed by atoms with Crippen molar-refractivity contribution in [1.82, 2.24) is 4.57 Å². The minimum Gasteiger partial charge on any atom is -0.456 e. The monoisotopic (exact) mass is 601 g/mol. The molecule has 2 atom stereocenters. The fraction of sp³-hybridized carbons (Fsp3) is 0.0465. The Morgan fingerprint density at radius 3 is 2.30 bits per heavy atom. The maximum atomic E-state index is 9.54. The molecular weight excluding hydrogens is 574 g/mol. The lowest BCUT2D eigenvalue weighted by Crippen LogP contribution is -2.28. The van der Waals surface area contributed by atoms with Crippen molar-refractivity contribution in [1.29, 1.82) is 5.26 Å². The highest BCUT2D eigenvalue weighted by atomic mass is 16.3. The molecule has 8 aromatic rings. The van der Waals surface area contributed by atoms with Gasteiger partial charge in [-0.3, -0.25) is 0 Å². The van der Waals surface area contributed by atoms with Crippen molar-refractivity contribution in [2.45, 2.75) is 12.0 Å². The number of para-hydroxylation sites is 3. The summed E-state index contributed by atoms with van der Waals surface area (Å²) in [5.74, 6) is 0.186. The van der Waals surface area contributed by atoms with E-state index in [0.29, 0.717) is 5.56 Å². The molecule has 0 fully saturated rings. The quantitative estimate of drug-likeness (QED) is 0.202. The first-order valence-corrected chi connectivity index (χ1v) is 16.0. The summed E-state index contributed by atoms with van der Waals surface area (Å²) in [6.45, 7) is 0. The summed E-state index contributed by atoms with van der Waals surface area (Å²) in [6.07, 6.45) is 7.16. The van der Waals surface area contributed by atoms with Crippen LogP contribution in [0, 0.1) is 11.3 Å². The Morgan fingerprint density at radius 1 is 0.638 bits per heavy atom. The molecule has 6 aromatic carbocycles. The summed E-state index contributed by atoms with van der Waals surface area (Å²) >= 11 is 0. The summed E-state index contributed by atoms with van der Waals surface area (Å²) < 4.78 is 8.53. The van der Waals surface area contributed by atoms with Crippen LogP contribution in [-0.2, 0) is 0 Å². The molecule has 220 valence electrons. The Labute approximate surface area is 271 Å². The van der Waals surface area contributed by atoms with E-state index in [0.717, 1.165) is 33.3 Å². The highest BCUT2D eigenvalue weighted by Crippen LogP contribution is 2.50. The summed E-state index contributed by atoms with van der Waals surface area (Å²) in [4.78, 5) is 2.46. The third-order valence-electron chi connectivity index (χ3n) is 9.94. The zero-order valence-electron chi connectivity index (χ0n) is 25.3. The second-order valence-electron chi connectivity index (χ2n) is 12.4. The molecule has 0 N–H and O–H groups in total. The fourth-order valence-electron chi connectivity index (χ4n) is 7.93. The van der Waals surface area contributed by atoms with Gasteiger partial charge in [0.05, 0.1) is 28.7 Å². The van der Waals surface area contributed by atoms with E-state index in [4.69, 9.17) is 4.42 Å². The number of rotatable bonds is 3. The molecule has 0 saturated heterocycles. The number of fused-ring (bicyclic) bond motifs is 9. The minimum absolute atomic E-state index is 0.131. The van der Waals surface area contributed by atoms with Crippen LogP contribution in [0.4, 0.5) is 11.4 Å². The molecule has 0 bridgehead atoms. The summed E-state index contributed by atoms with van der Waals surface area (Å²) in [5.41, 5.74) is 12.0. The number of anilines is 2. The minimum atomic E-state index is 0.131. The molecule has 47 heavy (non-hydrogen) atoms. The van der Waals surface area contributed by atoms with E-state index in [2.05, 4.69) is 149 Å². The topological polar surface area (TPSA) is 45.1 Å². The second-order valence-corrected chi connectivity index (χ2v) is 12.4. The molecule has 2 aliphatic rings. The van der Waals surface area contributed by atoms with Gasteiger partial charge >= 0.3 is 0 Å². The van der Waals surface area contributed by atoms with Gasteiger partial charge in [0.15, 0.2) is 0 Å². The van der Waals surface area contributed by atoms with Gasteiger partial charge in [-0.05, 0) is 83.4 Å². The molecule has 0 saturated carbocycles. The lowest BCUT2D eigenvalue weighted by Gasteiger charge is -2.30. The van der Waals surface area contributed by atoms with Gasteiger partial charge in [0, 0.05) is 44.5 Å². The van der Waals surface area contributed by atoms with Crippen LogP contribution in [0.15, 0.2) is 156 Å². The van der Waals surface area contributed by atoms with Crippen LogP contribution in [0.25, 0.3) is 55.0 Å². The number of nitrogens with zero attached hydrogens (tertiary/aromatic N) is 3. The first kappa shape index (κ1) is 26.0. The van der Waals surface area contributed by atoms with Crippen LogP contribution in [0.2, 0.25) is 0 Å². The Kier molecular flexibility index (Phi) is 5.44. The van der Waals surface area contributed by atoms with Crippen molar-refractivity contribution in [3.63, 3.8) is 0 Å². The molecule has 0 radical (unpaired) electrons. The van der Waals surface area contributed by atoms with E-state index in [1.54, 1.807) is 0 Å². The Hall–Kier alpha value is -6.31. The molecule has 4 nitrogen and oxygen atoms in total. The van der Waals surface area contributed by atoms with Gasteiger partial charge in [0.25, 0.3) is 0 Å². The van der Waals surface area contributed by atoms with Crippen molar-refractivity contribution in [2.24, 2.45) is 0 Å². The Morgan fingerprint density at radius 2 is 1.40 bits per heavy atom. The van der Waals surface area contributed by atoms with Crippen LogP contribution < -0.4 is 4.90 Å². The van der Waals surface area contributed by atoms with Crippen molar-refractivity contribution in [2.75, 3.05) is 4.90 Å². The standard InChI is InChI=1S/C43H27N3O/c44-26-27-17-21-41-35(23-27)36-25-30(19-22-42(36)47-41)46-37-14-6-4-11-32(37)34-24-28(18-20-39(34)46)31-13-8-16-40-43(31)33-12-5-7-15-38(33)45(40)29-9-2-1-3-10-29/h1-25,34,39H. The van der Waals surface area contributed by atoms with Crippen LogP contribution in [-0.4, -0.2) is 10.6 Å². The summed E-state index contributed by atoms with van der Waals surface area (Å²) in [7, 11) is 0. The fourth-order valence-corrected chi connectivity index (χ4v) is 7.93. The molecule has 3 heterocycles. The maximum Gasteiger partial charge on any atom is 0.135 e. The molecular formula is C43H27N3O. The molecule has 2 unspecified atom stereocenters. The average molecular weight is 602 g/mol. The van der Waals surface area contributed by atoms with Gasteiger partial charge in [-0.2, -0.15) is 5.26 Å². The molecule has 2 aromatic heterocycles. The van der Waals surface area contributed by atoms with Crippen LogP contribution >= 0.6 is 0 Å². The SMILES string of the molecule is N#Cc1ccc2oc3ccc(N4c5ccccc5C5C=C(c6cccc7c6c6ccccc6n7-c6ccccc6)C=CC54)cc3c2c1. The molecule has 0 spiro atoms. The first-order valence-electron chi connectivity index (χ1n) is 16.0. The van der Waals surface area contributed by atoms with Crippen molar-refractivity contribution >= 4 is 60.7 Å². The van der Waals surface area contributed by atoms with Crippen molar-refractivity contribution < 1.29 is 4.42 Å². The van der Waals surface area contributed by atoms with Crippen molar-refractivity contribution in [3.8, 4) is 11.8 Å². The van der Waals surface area contributed by atoms with Gasteiger partial charge < -0.3 is 13.9 Å². The van der Waals surface area contributed by atoms with Crippen LogP contribution in [0.1, 0.15) is 22.6 Å². The first-order chi connectivity index (χ1) is 23.3. The van der Waals surface area contributed by atoms with Gasteiger partial charge in [0.1, 0.15) is 11.2 Å². The average Bonchev–Trinajstić information content (AvgIpc) is 3.78. The number of hydrogen-bond acceptors (Lipinski definition) is 3. The molecule has 10 rings (SSSR count). The lowest BCUT2D eigenvalue weighted by atomic mass is 9.85. The number of allylic oxidation sites excluding steroid dienone is 2. The van der Waals surface area contributed by atoms with Gasteiger partial charge in [-0.1, -0.05) is 85.0 Å². The van der Waals surface area contributed by atoms with E-state index in [9.17, 15) is 5.26 Å². The highest BCUT2D eigenvalue weighted by molar-refractivity contribution is 6.14. The number of aromatic nitrogens is 1. The molecule has 4 heteroatoms. The smallest absolute Gasteiger partial charge is 0.135 e. The third-order valence-corrected chi connectivity index (χ3v) is 9.94. The molecule has 1 aliphatic carbocycles. The zero-order chi connectivity index (χ0) is 31.1. The van der Waals surface area contributed by atoms with E-state index in [1.807, 2.05) is 18.2 Å². The van der Waals surface area contributed by atoms with Gasteiger partial charge in [-0.25, -0.2) is 0 Å². The lowest BCUT2D eigenvalue weighted by molar-refractivity contribution is 0.668. The van der Waals surface area contributed by atoms with Crippen LogP contribution in [0.5, 0.6) is 0 Å². The summed E-state index contributed by atoms with van der Waals surface area (Å²) in [5, 5.41) is 14.1. The van der Waals surface area contributed by atoms with Gasteiger partial charge in [-0.15, -0.1) is 0 Å². The zero-order valence-corrected chi connectivity index (χ0v) is 25.3. The number of benzene rings is 6.